The van der Waals surface area contributed by atoms with Crippen LogP contribution in [0, 0.1) is 28.6 Å². The highest BCUT2D eigenvalue weighted by Gasteiger charge is 2.25. The second-order valence-electron chi connectivity index (χ2n) is 10.6. The van der Waals surface area contributed by atoms with Gasteiger partial charge in [-0.05, 0) is 71.4 Å². The maximum atomic E-state index is 9.26. The van der Waals surface area contributed by atoms with Gasteiger partial charge in [-0.15, -0.1) is 0 Å². The fourth-order valence-corrected chi connectivity index (χ4v) is 3.58. The second-order valence-corrected chi connectivity index (χ2v) is 10.6. The molecule has 1 saturated carbocycles. The van der Waals surface area contributed by atoms with Crippen molar-refractivity contribution in [3.8, 4) is 11.8 Å². The standard InChI is InChI=1S/C12H12O.C10H20.C5H12.C4H7N/c1-2-9-3-4-11-8-12(13)6-5-10(11)7-9;1-10(2,3)9-7-5-4-6-8-9;1-4-5(2)3;1-2-3-4-5/h3-8,13H,2H2,1H3;9H,4-8H2,1-3H3;5H,4H2,1-3H3;2-3H2,1H3. The Morgan fingerprint density at radius 2 is 1.48 bits per heavy atom. The van der Waals surface area contributed by atoms with E-state index in [0.717, 1.165) is 30.1 Å². The van der Waals surface area contributed by atoms with Crippen molar-refractivity contribution in [2.45, 2.75) is 113 Å². The Morgan fingerprint density at radius 1 is 0.939 bits per heavy atom. The molecule has 33 heavy (non-hydrogen) atoms. The molecule has 0 aromatic heterocycles. The lowest BCUT2D eigenvalue weighted by molar-refractivity contribution is 0.180. The molecule has 0 atom stereocenters. The lowest BCUT2D eigenvalue weighted by Gasteiger charge is -2.33. The normalized spacial score (nSPS) is 13.6. The molecule has 3 rings (SSSR count). The van der Waals surface area contributed by atoms with Crippen LogP contribution in [0.25, 0.3) is 10.8 Å². The quantitative estimate of drug-likeness (QED) is 0.502. The number of hydrogen-bond acceptors (Lipinski definition) is 2. The van der Waals surface area contributed by atoms with Gasteiger partial charge in [0.25, 0.3) is 0 Å². The van der Waals surface area contributed by atoms with E-state index in [1.807, 2.05) is 25.1 Å². The van der Waals surface area contributed by atoms with Gasteiger partial charge in [-0.25, -0.2) is 0 Å². The summed E-state index contributed by atoms with van der Waals surface area (Å²) in [5, 5.41) is 19.4. The molecule has 2 heteroatoms. The van der Waals surface area contributed by atoms with Gasteiger partial charge in [-0.2, -0.15) is 5.26 Å². The first kappa shape index (κ1) is 31.0. The summed E-state index contributed by atoms with van der Waals surface area (Å²) in [4.78, 5) is 0. The predicted molar refractivity (Wildman–Crippen MR) is 147 cm³/mol. The number of hydrogen-bond donors (Lipinski definition) is 1. The van der Waals surface area contributed by atoms with E-state index in [0.29, 0.717) is 17.6 Å². The minimum absolute atomic E-state index is 0.330. The number of nitriles is 1. The van der Waals surface area contributed by atoms with Crippen LogP contribution in [0.4, 0.5) is 0 Å². The van der Waals surface area contributed by atoms with Crippen LogP contribution in [0.15, 0.2) is 36.4 Å². The molecule has 0 spiro atoms. The Labute approximate surface area is 205 Å². The zero-order valence-corrected chi connectivity index (χ0v) is 22.9. The van der Waals surface area contributed by atoms with Crippen LogP contribution >= 0.6 is 0 Å². The van der Waals surface area contributed by atoms with Crippen molar-refractivity contribution < 1.29 is 5.11 Å². The number of aryl methyl sites for hydroxylation is 1. The minimum Gasteiger partial charge on any atom is -0.508 e. The van der Waals surface area contributed by atoms with Gasteiger partial charge in [-0.3, -0.25) is 0 Å². The first-order valence-electron chi connectivity index (χ1n) is 13.2. The van der Waals surface area contributed by atoms with Gasteiger partial charge in [-0.1, -0.05) is 105 Å². The summed E-state index contributed by atoms with van der Waals surface area (Å²) >= 11 is 0. The molecule has 2 aromatic rings. The molecule has 0 saturated heterocycles. The van der Waals surface area contributed by atoms with E-state index < -0.39 is 0 Å². The van der Waals surface area contributed by atoms with Crippen molar-refractivity contribution >= 4 is 10.8 Å². The molecule has 0 heterocycles. The molecule has 186 valence electrons. The van der Waals surface area contributed by atoms with Gasteiger partial charge in [0.1, 0.15) is 5.75 Å². The average Bonchev–Trinajstić information content (AvgIpc) is 2.80. The van der Waals surface area contributed by atoms with E-state index in [-0.39, 0.29) is 0 Å². The smallest absolute Gasteiger partial charge is 0.116 e. The van der Waals surface area contributed by atoms with Crippen molar-refractivity contribution in [2.24, 2.45) is 17.3 Å². The third-order valence-corrected chi connectivity index (χ3v) is 6.30. The Bertz CT molecular complexity index is 789. The van der Waals surface area contributed by atoms with Crippen molar-refractivity contribution in [2.75, 3.05) is 0 Å². The van der Waals surface area contributed by atoms with Gasteiger partial charge < -0.3 is 5.11 Å². The topological polar surface area (TPSA) is 44.0 Å². The van der Waals surface area contributed by atoms with Crippen LogP contribution in [-0.4, -0.2) is 5.11 Å². The summed E-state index contributed by atoms with van der Waals surface area (Å²) in [6, 6.07) is 13.8. The van der Waals surface area contributed by atoms with Gasteiger partial charge >= 0.3 is 0 Å². The molecule has 2 aromatic carbocycles. The monoisotopic (exact) mass is 453 g/mol. The maximum Gasteiger partial charge on any atom is 0.116 e. The number of fused-ring (bicyclic) bond motifs is 1. The van der Waals surface area contributed by atoms with E-state index in [2.05, 4.69) is 60.6 Å². The zero-order valence-electron chi connectivity index (χ0n) is 22.9. The number of phenolic OH excluding ortho intramolecular Hbond substituents is 1. The van der Waals surface area contributed by atoms with Crippen LogP contribution < -0.4 is 0 Å². The minimum atomic E-state index is 0.330. The molecule has 1 N–H and O–H groups in total. The van der Waals surface area contributed by atoms with Crippen LogP contribution in [0.1, 0.15) is 112 Å². The summed E-state index contributed by atoms with van der Waals surface area (Å²) in [5.74, 6) is 2.22. The number of phenols is 1. The highest BCUT2D eigenvalue weighted by atomic mass is 16.3. The lowest BCUT2D eigenvalue weighted by atomic mass is 9.72. The summed E-state index contributed by atoms with van der Waals surface area (Å²) in [6.45, 7) is 17.9. The Kier molecular flexibility index (Phi) is 16.4. The van der Waals surface area contributed by atoms with Gasteiger partial charge in [0.15, 0.2) is 0 Å². The maximum absolute atomic E-state index is 9.26. The van der Waals surface area contributed by atoms with Crippen molar-refractivity contribution in [1.29, 1.82) is 5.26 Å². The fraction of sp³-hybridized carbons (Fsp3) is 0.645. The molecule has 0 aliphatic heterocycles. The highest BCUT2D eigenvalue weighted by molar-refractivity contribution is 5.84. The molecular weight excluding hydrogens is 402 g/mol. The summed E-state index contributed by atoms with van der Waals surface area (Å²) < 4.78 is 0. The van der Waals surface area contributed by atoms with Crippen molar-refractivity contribution in [3.63, 3.8) is 0 Å². The number of benzene rings is 2. The van der Waals surface area contributed by atoms with Crippen LogP contribution in [0.3, 0.4) is 0 Å². The third kappa shape index (κ3) is 14.7. The number of aromatic hydroxyl groups is 1. The van der Waals surface area contributed by atoms with E-state index in [4.69, 9.17) is 5.26 Å². The number of unbranched alkanes of at least 4 members (excludes halogenated alkanes) is 1. The lowest BCUT2D eigenvalue weighted by Crippen LogP contribution is -2.22. The van der Waals surface area contributed by atoms with Crippen LogP contribution in [-0.2, 0) is 6.42 Å². The molecule has 0 unspecified atom stereocenters. The van der Waals surface area contributed by atoms with E-state index in [1.165, 1.54) is 49.5 Å². The SMILES string of the molecule is CC(C)(C)C1CCCCC1.CCC(C)C.CCCC#N.CCc1ccc2cc(O)ccc2c1. The molecule has 1 aliphatic carbocycles. The molecular formula is C31H51NO. The van der Waals surface area contributed by atoms with E-state index in [9.17, 15) is 5.11 Å². The molecule has 0 radical (unpaired) electrons. The summed E-state index contributed by atoms with van der Waals surface area (Å²) in [6.07, 6.45) is 11.4. The van der Waals surface area contributed by atoms with Gasteiger partial charge in [0, 0.05) is 6.42 Å². The van der Waals surface area contributed by atoms with E-state index in [1.54, 1.807) is 12.1 Å². The molecule has 1 fully saturated rings. The number of rotatable bonds is 3. The highest BCUT2D eigenvalue weighted by Crippen LogP contribution is 2.37. The largest absolute Gasteiger partial charge is 0.508 e. The van der Waals surface area contributed by atoms with Crippen molar-refractivity contribution in [1.82, 2.24) is 0 Å². The molecule has 0 bridgehead atoms. The average molecular weight is 454 g/mol. The first-order chi connectivity index (χ1) is 15.6. The third-order valence-electron chi connectivity index (χ3n) is 6.30. The Balaban J connectivity index is 0.000000455. The Hall–Kier alpha value is -2.01. The van der Waals surface area contributed by atoms with Crippen molar-refractivity contribution in [3.05, 3.63) is 42.0 Å². The van der Waals surface area contributed by atoms with Crippen LogP contribution in [0.5, 0.6) is 5.75 Å². The predicted octanol–water partition coefficient (Wildman–Crippen LogP) is 10.1. The summed E-state index contributed by atoms with van der Waals surface area (Å²) in [7, 11) is 0. The van der Waals surface area contributed by atoms with E-state index >= 15 is 0 Å². The molecule has 0 amide bonds. The summed E-state index contributed by atoms with van der Waals surface area (Å²) in [5.41, 5.74) is 1.90. The van der Waals surface area contributed by atoms with Crippen LogP contribution in [0.2, 0.25) is 0 Å². The van der Waals surface area contributed by atoms with Gasteiger partial charge in [0.2, 0.25) is 0 Å². The molecule has 1 aliphatic rings. The molecule has 2 nitrogen and oxygen atoms in total. The van der Waals surface area contributed by atoms with Gasteiger partial charge in [0.05, 0.1) is 6.07 Å². The first-order valence-corrected chi connectivity index (χ1v) is 13.2. The fourth-order valence-electron chi connectivity index (χ4n) is 3.58. The Morgan fingerprint density at radius 3 is 1.88 bits per heavy atom. The second kappa shape index (κ2) is 17.5. The zero-order chi connectivity index (χ0) is 25.3. The number of nitrogens with zero attached hydrogens (tertiary/aromatic N) is 1.